The number of hydrogen-bond donors (Lipinski definition) is 0. The second kappa shape index (κ2) is 2.38. The minimum atomic E-state index is 0.668. The number of anilines is 1. The maximum Gasteiger partial charge on any atom is 0.147 e. The Morgan fingerprint density at radius 1 is 1.38 bits per heavy atom. The molecule has 1 saturated carbocycles. The minimum Gasteiger partial charge on any atom is -0.354 e. The average molecular weight is 195 g/mol. The van der Waals surface area contributed by atoms with Gasteiger partial charge in [-0.05, 0) is 25.0 Å². The van der Waals surface area contributed by atoms with Crippen LogP contribution in [0.4, 0.5) is 5.82 Å². The molecule has 0 bridgehead atoms. The number of hydrogen-bond acceptors (Lipinski definition) is 2. The van der Waals surface area contributed by atoms with Crippen LogP contribution < -0.4 is 4.90 Å². The summed E-state index contributed by atoms with van der Waals surface area (Å²) < 4.78 is 0. The summed E-state index contributed by atoms with van der Waals surface area (Å²) in [7, 11) is 0. The molecule has 1 aliphatic heterocycles. The van der Waals surface area contributed by atoms with E-state index in [1.54, 1.807) is 6.20 Å². The third-order valence-electron chi connectivity index (χ3n) is 3.05. The van der Waals surface area contributed by atoms with Gasteiger partial charge in [0.1, 0.15) is 5.82 Å². The molecule has 0 atom stereocenters. The molecular formula is C10H11ClN2. The number of aromatic nitrogens is 1. The van der Waals surface area contributed by atoms with Crippen LogP contribution in [0.15, 0.2) is 18.3 Å². The first kappa shape index (κ1) is 7.63. The van der Waals surface area contributed by atoms with Crippen LogP contribution in [0.25, 0.3) is 0 Å². The summed E-state index contributed by atoms with van der Waals surface area (Å²) in [6.45, 7) is 2.31. The zero-order chi connectivity index (χ0) is 8.89. The highest BCUT2D eigenvalue weighted by Gasteiger charge is 2.52. The first-order chi connectivity index (χ1) is 6.29. The number of nitrogens with zero attached hydrogens (tertiary/aromatic N) is 2. The fourth-order valence-corrected chi connectivity index (χ4v) is 2.26. The molecule has 0 N–H and O–H groups in total. The van der Waals surface area contributed by atoms with Crippen molar-refractivity contribution in [3.63, 3.8) is 0 Å². The van der Waals surface area contributed by atoms with E-state index in [2.05, 4.69) is 9.88 Å². The lowest BCUT2D eigenvalue weighted by atomic mass is 9.97. The van der Waals surface area contributed by atoms with Crippen LogP contribution in [-0.4, -0.2) is 18.1 Å². The molecule has 0 amide bonds. The van der Waals surface area contributed by atoms with E-state index in [0.717, 1.165) is 23.9 Å². The Balaban J connectivity index is 1.82. The van der Waals surface area contributed by atoms with Crippen LogP contribution in [0.2, 0.25) is 5.02 Å². The van der Waals surface area contributed by atoms with Gasteiger partial charge in [-0.2, -0.15) is 0 Å². The van der Waals surface area contributed by atoms with Crippen molar-refractivity contribution in [3.8, 4) is 0 Å². The van der Waals surface area contributed by atoms with Gasteiger partial charge in [-0.15, -0.1) is 0 Å². The van der Waals surface area contributed by atoms with Gasteiger partial charge in [0.15, 0.2) is 0 Å². The Morgan fingerprint density at radius 2 is 2.15 bits per heavy atom. The Hall–Kier alpha value is -0.760. The van der Waals surface area contributed by atoms with E-state index in [-0.39, 0.29) is 0 Å². The van der Waals surface area contributed by atoms with Crippen molar-refractivity contribution in [2.45, 2.75) is 12.8 Å². The van der Waals surface area contributed by atoms with E-state index in [4.69, 9.17) is 11.6 Å². The molecule has 2 nitrogen and oxygen atoms in total. The molecule has 68 valence electrons. The van der Waals surface area contributed by atoms with Crippen molar-refractivity contribution < 1.29 is 0 Å². The molecule has 1 spiro atoms. The SMILES string of the molecule is Clc1cccnc1N1CC2(CC2)C1. The normalized spacial score (nSPS) is 23.0. The van der Waals surface area contributed by atoms with Crippen LogP contribution in [0, 0.1) is 5.41 Å². The highest BCUT2D eigenvalue weighted by atomic mass is 35.5. The molecule has 3 heteroatoms. The number of pyridine rings is 1. The molecule has 0 radical (unpaired) electrons. The van der Waals surface area contributed by atoms with Crippen LogP contribution in [0.1, 0.15) is 12.8 Å². The van der Waals surface area contributed by atoms with Gasteiger partial charge < -0.3 is 4.90 Å². The molecule has 0 unspecified atom stereocenters. The van der Waals surface area contributed by atoms with Crippen molar-refractivity contribution in [2.24, 2.45) is 5.41 Å². The van der Waals surface area contributed by atoms with Gasteiger partial charge in [0.25, 0.3) is 0 Å². The monoisotopic (exact) mass is 194 g/mol. The van der Waals surface area contributed by atoms with Crippen molar-refractivity contribution >= 4 is 17.4 Å². The summed E-state index contributed by atoms with van der Waals surface area (Å²) in [6.07, 6.45) is 4.60. The van der Waals surface area contributed by atoms with Gasteiger partial charge in [-0.1, -0.05) is 11.6 Å². The lowest BCUT2D eigenvalue weighted by Gasteiger charge is -2.41. The summed E-state index contributed by atoms with van der Waals surface area (Å²) in [6, 6.07) is 3.78. The maximum absolute atomic E-state index is 6.04. The number of rotatable bonds is 1. The third kappa shape index (κ3) is 1.12. The van der Waals surface area contributed by atoms with E-state index in [1.165, 1.54) is 12.8 Å². The van der Waals surface area contributed by atoms with Crippen molar-refractivity contribution in [2.75, 3.05) is 18.0 Å². The van der Waals surface area contributed by atoms with E-state index in [9.17, 15) is 0 Å². The molecule has 2 aliphatic rings. The lowest BCUT2D eigenvalue weighted by molar-refractivity contribution is 0.384. The zero-order valence-corrected chi connectivity index (χ0v) is 8.09. The first-order valence-corrected chi connectivity index (χ1v) is 5.02. The Labute approximate surface area is 82.5 Å². The molecule has 2 heterocycles. The van der Waals surface area contributed by atoms with Gasteiger partial charge in [-0.25, -0.2) is 4.98 Å². The predicted molar refractivity (Wildman–Crippen MR) is 53.1 cm³/mol. The van der Waals surface area contributed by atoms with Crippen LogP contribution >= 0.6 is 11.6 Å². The highest BCUT2D eigenvalue weighted by Crippen LogP contribution is 2.54. The summed E-state index contributed by atoms with van der Waals surface area (Å²) in [4.78, 5) is 6.56. The molecule has 1 aromatic rings. The number of halogens is 1. The van der Waals surface area contributed by atoms with Crippen molar-refractivity contribution in [1.29, 1.82) is 0 Å². The Bertz CT molecular complexity index is 339. The van der Waals surface area contributed by atoms with E-state index < -0.39 is 0 Å². The van der Waals surface area contributed by atoms with Crippen LogP contribution in [0.3, 0.4) is 0 Å². The van der Waals surface area contributed by atoms with E-state index in [1.807, 2.05) is 12.1 Å². The smallest absolute Gasteiger partial charge is 0.147 e. The molecular weight excluding hydrogens is 184 g/mol. The van der Waals surface area contributed by atoms with Gasteiger partial charge in [0.2, 0.25) is 0 Å². The average Bonchev–Trinajstić information content (AvgIpc) is 2.82. The summed E-state index contributed by atoms with van der Waals surface area (Å²) in [5, 5.41) is 0.776. The molecule has 1 aromatic heterocycles. The third-order valence-corrected chi connectivity index (χ3v) is 3.34. The molecule has 13 heavy (non-hydrogen) atoms. The lowest BCUT2D eigenvalue weighted by Crippen LogP contribution is -2.49. The van der Waals surface area contributed by atoms with Crippen LogP contribution in [0.5, 0.6) is 0 Å². The maximum atomic E-state index is 6.04. The van der Waals surface area contributed by atoms with Crippen molar-refractivity contribution in [3.05, 3.63) is 23.4 Å². The van der Waals surface area contributed by atoms with Gasteiger partial charge in [0.05, 0.1) is 5.02 Å². The summed E-state index contributed by atoms with van der Waals surface area (Å²) in [5.74, 6) is 0.960. The molecule has 1 aliphatic carbocycles. The fraction of sp³-hybridized carbons (Fsp3) is 0.500. The zero-order valence-electron chi connectivity index (χ0n) is 7.33. The molecule has 0 aromatic carbocycles. The molecule has 3 rings (SSSR count). The van der Waals surface area contributed by atoms with Gasteiger partial charge in [0, 0.05) is 24.7 Å². The first-order valence-electron chi connectivity index (χ1n) is 4.65. The largest absolute Gasteiger partial charge is 0.354 e. The van der Waals surface area contributed by atoms with Crippen LogP contribution in [-0.2, 0) is 0 Å². The molecule has 1 saturated heterocycles. The standard InChI is InChI=1S/C10H11ClN2/c11-8-2-1-5-12-9(8)13-6-10(7-13)3-4-10/h1-2,5H,3-4,6-7H2. The topological polar surface area (TPSA) is 16.1 Å². The van der Waals surface area contributed by atoms with E-state index in [0.29, 0.717) is 5.41 Å². The predicted octanol–water partition coefficient (Wildman–Crippen LogP) is 2.34. The van der Waals surface area contributed by atoms with Gasteiger partial charge in [-0.3, -0.25) is 0 Å². The minimum absolute atomic E-state index is 0.668. The van der Waals surface area contributed by atoms with Gasteiger partial charge >= 0.3 is 0 Å². The summed E-state index contributed by atoms with van der Waals surface area (Å²) >= 11 is 6.04. The fourth-order valence-electron chi connectivity index (χ4n) is 2.02. The Kier molecular flexibility index (Phi) is 1.40. The Morgan fingerprint density at radius 3 is 2.77 bits per heavy atom. The quantitative estimate of drug-likeness (QED) is 0.682. The summed E-state index contributed by atoms with van der Waals surface area (Å²) in [5.41, 5.74) is 0.668. The highest BCUT2D eigenvalue weighted by molar-refractivity contribution is 6.32. The second-order valence-electron chi connectivity index (χ2n) is 4.16. The molecule has 2 fully saturated rings. The van der Waals surface area contributed by atoms with E-state index >= 15 is 0 Å². The van der Waals surface area contributed by atoms with Crippen molar-refractivity contribution in [1.82, 2.24) is 4.98 Å². The second-order valence-corrected chi connectivity index (χ2v) is 4.57.